The summed E-state index contributed by atoms with van der Waals surface area (Å²) in [7, 11) is 0. The highest BCUT2D eigenvalue weighted by atomic mass is 35.5. The Balaban J connectivity index is 1.54. The van der Waals surface area contributed by atoms with Crippen molar-refractivity contribution in [1.29, 1.82) is 0 Å². The van der Waals surface area contributed by atoms with E-state index in [2.05, 4.69) is 5.32 Å². The highest BCUT2D eigenvalue weighted by Crippen LogP contribution is 2.30. The van der Waals surface area contributed by atoms with Crippen molar-refractivity contribution in [3.05, 3.63) is 57.6 Å². The number of carbonyl (C=O) groups excluding carboxylic acids is 2. The number of halogens is 2. The molecule has 5 nitrogen and oxygen atoms in total. The zero-order valence-electron chi connectivity index (χ0n) is 14.1. The predicted octanol–water partition coefficient (Wildman–Crippen LogP) is 4.03. The zero-order valence-corrected chi connectivity index (χ0v) is 15.6. The van der Waals surface area contributed by atoms with Gasteiger partial charge in [-0.25, -0.2) is 0 Å². The van der Waals surface area contributed by atoms with Gasteiger partial charge in [0.25, 0.3) is 5.91 Å². The van der Waals surface area contributed by atoms with Crippen LogP contribution >= 0.6 is 23.2 Å². The molecule has 0 saturated carbocycles. The number of rotatable bonds is 4. The summed E-state index contributed by atoms with van der Waals surface area (Å²) in [5, 5.41) is 3.78. The molecule has 0 aliphatic carbocycles. The maximum atomic E-state index is 12.2. The second-order valence-electron chi connectivity index (χ2n) is 6.08. The lowest BCUT2D eigenvalue weighted by atomic mass is 9.97. The van der Waals surface area contributed by atoms with Crippen LogP contribution in [0.4, 0.5) is 5.69 Å². The first kappa shape index (κ1) is 18.5. The van der Waals surface area contributed by atoms with Gasteiger partial charge in [-0.15, -0.1) is 0 Å². The fraction of sp³-hybridized carbons (Fsp3) is 0.263. The van der Waals surface area contributed by atoms with Crippen LogP contribution in [0.1, 0.15) is 11.1 Å². The normalized spacial score (nSPS) is 15.6. The van der Waals surface area contributed by atoms with E-state index in [4.69, 9.17) is 32.7 Å². The number of aryl methyl sites for hydroxylation is 1. The summed E-state index contributed by atoms with van der Waals surface area (Å²) in [6.45, 7) is 1.69. The van der Waals surface area contributed by atoms with Crippen LogP contribution in [0.3, 0.4) is 0 Å². The van der Waals surface area contributed by atoms with Crippen molar-refractivity contribution in [2.75, 3.05) is 18.5 Å². The zero-order chi connectivity index (χ0) is 18.7. The Labute approximate surface area is 161 Å². The van der Waals surface area contributed by atoms with Gasteiger partial charge in [-0.05, 0) is 54.8 Å². The third-order valence-electron chi connectivity index (χ3n) is 4.08. The molecule has 0 fully saturated rings. The number of benzene rings is 2. The van der Waals surface area contributed by atoms with E-state index in [-0.39, 0.29) is 13.2 Å². The Hall–Kier alpha value is -2.24. The lowest BCUT2D eigenvalue weighted by molar-refractivity contribution is -0.152. The summed E-state index contributed by atoms with van der Waals surface area (Å²) in [4.78, 5) is 24.3. The molecule has 1 amide bonds. The maximum Gasteiger partial charge on any atom is 0.313 e. The van der Waals surface area contributed by atoms with Crippen molar-refractivity contribution in [3.63, 3.8) is 0 Å². The van der Waals surface area contributed by atoms with Crippen molar-refractivity contribution in [2.45, 2.75) is 13.3 Å². The topological polar surface area (TPSA) is 64.6 Å². The minimum Gasteiger partial charge on any atom is -0.492 e. The molecule has 26 heavy (non-hydrogen) atoms. The lowest BCUT2D eigenvalue weighted by Gasteiger charge is -2.24. The molecule has 1 aliphatic heterocycles. The van der Waals surface area contributed by atoms with Gasteiger partial charge in [0.1, 0.15) is 12.4 Å². The van der Waals surface area contributed by atoms with Crippen LogP contribution in [0.5, 0.6) is 5.75 Å². The minimum absolute atomic E-state index is 0.211. The van der Waals surface area contributed by atoms with E-state index in [1.54, 1.807) is 36.4 Å². The smallest absolute Gasteiger partial charge is 0.313 e. The molecule has 1 aliphatic rings. The van der Waals surface area contributed by atoms with Gasteiger partial charge in [-0.1, -0.05) is 29.3 Å². The van der Waals surface area contributed by atoms with Crippen molar-refractivity contribution in [3.8, 4) is 5.75 Å². The van der Waals surface area contributed by atoms with E-state index >= 15 is 0 Å². The largest absolute Gasteiger partial charge is 0.492 e. The Bertz CT molecular complexity index is 853. The Kier molecular flexibility index (Phi) is 5.69. The maximum absolute atomic E-state index is 12.2. The molecule has 2 aromatic carbocycles. The molecule has 7 heteroatoms. The number of ether oxygens (including phenoxy) is 2. The van der Waals surface area contributed by atoms with Crippen LogP contribution in [0, 0.1) is 12.8 Å². The first-order chi connectivity index (χ1) is 12.4. The summed E-state index contributed by atoms with van der Waals surface area (Å²) >= 11 is 11.9. The fourth-order valence-corrected chi connectivity index (χ4v) is 3.05. The molecule has 0 radical (unpaired) electrons. The number of carbonyl (C=O) groups is 2. The molecule has 0 unspecified atom stereocenters. The van der Waals surface area contributed by atoms with Crippen molar-refractivity contribution >= 4 is 40.8 Å². The Morgan fingerprint density at radius 2 is 1.92 bits per heavy atom. The first-order valence-corrected chi connectivity index (χ1v) is 8.82. The quantitative estimate of drug-likeness (QED) is 0.796. The van der Waals surface area contributed by atoms with Crippen molar-refractivity contribution in [1.82, 2.24) is 0 Å². The van der Waals surface area contributed by atoms with Gasteiger partial charge in [0.05, 0.1) is 5.92 Å². The van der Waals surface area contributed by atoms with Gasteiger partial charge < -0.3 is 14.8 Å². The Morgan fingerprint density at radius 3 is 2.73 bits per heavy atom. The highest BCUT2D eigenvalue weighted by molar-refractivity contribution is 6.31. The van der Waals surface area contributed by atoms with Crippen LogP contribution in [0.15, 0.2) is 36.4 Å². The number of amides is 1. The van der Waals surface area contributed by atoms with E-state index in [0.717, 1.165) is 11.1 Å². The molecule has 136 valence electrons. The van der Waals surface area contributed by atoms with Crippen molar-refractivity contribution in [2.24, 2.45) is 5.92 Å². The summed E-state index contributed by atoms with van der Waals surface area (Å²) in [5.74, 6) is -0.660. The van der Waals surface area contributed by atoms with Gasteiger partial charge >= 0.3 is 5.97 Å². The number of nitrogens with one attached hydrogen (secondary N) is 1. The molecule has 1 atom stereocenters. The van der Waals surface area contributed by atoms with E-state index in [1.807, 2.05) is 6.92 Å². The van der Waals surface area contributed by atoms with Gasteiger partial charge in [0.2, 0.25) is 0 Å². The van der Waals surface area contributed by atoms with E-state index in [0.29, 0.717) is 27.9 Å². The molecule has 1 N–H and O–H groups in total. The molecule has 1 heterocycles. The van der Waals surface area contributed by atoms with Gasteiger partial charge in [-0.3, -0.25) is 9.59 Å². The summed E-state index contributed by atoms with van der Waals surface area (Å²) in [6.07, 6.45) is 0.462. The van der Waals surface area contributed by atoms with E-state index < -0.39 is 17.8 Å². The number of hydrogen-bond acceptors (Lipinski definition) is 4. The number of fused-ring (bicyclic) bond motifs is 1. The standard InChI is InChI=1S/C19H17Cl2NO4/c1-11-2-3-15(21)8-16(11)22-18(23)10-26-19(24)13-6-12-7-14(20)4-5-17(12)25-9-13/h2-5,7-8,13H,6,9-10H2,1H3,(H,22,23)/t13-/m0/s1. The molecule has 2 aromatic rings. The molecular weight excluding hydrogens is 377 g/mol. The monoisotopic (exact) mass is 393 g/mol. The fourth-order valence-electron chi connectivity index (χ4n) is 2.68. The predicted molar refractivity (Wildman–Crippen MR) is 99.9 cm³/mol. The average Bonchev–Trinajstić information content (AvgIpc) is 2.62. The van der Waals surface area contributed by atoms with E-state index in [1.165, 1.54) is 0 Å². The summed E-state index contributed by atoms with van der Waals surface area (Å²) in [6, 6.07) is 10.5. The number of esters is 1. The lowest BCUT2D eigenvalue weighted by Crippen LogP contribution is -2.32. The summed E-state index contributed by atoms with van der Waals surface area (Å²) in [5.41, 5.74) is 2.30. The molecule has 0 saturated heterocycles. The van der Waals surface area contributed by atoms with Gasteiger partial charge in [0, 0.05) is 15.7 Å². The molecule has 3 rings (SSSR count). The second-order valence-corrected chi connectivity index (χ2v) is 6.95. The third kappa shape index (κ3) is 4.48. The number of hydrogen-bond donors (Lipinski definition) is 1. The first-order valence-electron chi connectivity index (χ1n) is 8.06. The number of anilines is 1. The van der Waals surface area contributed by atoms with E-state index in [9.17, 15) is 9.59 Å². The van der Waals surface area contributed by atoms with Gasteiger partial charge in [-0.2, -0.15) is 0 Å². The molecule has 0 spiro atoms. The van der Waals surface area contributed by atoms with Crippen LogP contribution in [-0.4, -0.2) is 25.1 Å². The van der Waals surface area contributed by atoms with Crippen LogP contribution in [-0.2, 0) is 20.7 Å². The SMILES string of the molecule is Cc1ccc(Cl)cc1NC(=O)COC(=O)[C@@H]1COc2ccc(Cl)cc2C1. The third-order valence-corrected chi connectivity index (χ3v) is 4.55. The van der Waals surface area contributed by atoms with Crippen LogP contribution < -0.4 is 10.1 Å². The van der Waals surface area contributed by atoms with Crippen LogP contribution in [0.2, 0.25) is 10.0 Å². The van der Waals surface area contributed by atoms with Gasteiger partial charge in [0.15, 0.2) is 6.61 Å². The molecule has 0 bridgehead atoms. The van der Waals surface area contributed by atoms with Crippen LogP contribution in [0.25, 0.3) is 0 Å². The summed E-state index contributed by atoms with van der Waals surface area (Å²) < 4.78 is 10.7. The molecular formula is C19H17Cl2NO4. The highest BCUT2D eigenvalue weighted by Gasteiger charge is 2.28. The average molecular weight is 394 g/mol. The minimum atomic E-state index is -0.478. The second kappa shape index (κ2) is 7.98. The molecule has 0 aromatic heterocycles. The van der Waals surface area contributed by atoms with Crippen molar-refractivity contribution < 1.29 is 19.1 Å². The Morgan fingerprint density at radius 1 is 1.19 bits per heavy atom.